The van der Waals surface area contributed by atoms with E-state index >= 15 is 0 Å². The number of nitrogens with zero attached hydrogens (tertiary/aromatic N) is 2. The maximum absolute atomic E-state index is 13.9. The maximum atomic E-state index is 13.9. The largest absolute Gasteiger partial charge is 0.367 e. The minimum absolute atomic E-state index is 0. The fourth-order valence-electron chi connectivity index (χ4n) is 2.66. The Morgan fingerprint density at radius 1 is 0.920 bits per heavy atom. The zero-order valence-corrected chi connectivity index (χ0v) is 16.2. The number of para-hydroxylation sites is 1. The molecule has 0 saturated carbocycles. The van der Waals surface area contributed by atoms with Crippen LogP contribution in [-0.2, 0) is 10.0 Å². The number of halogens is 4. The summed E-state index contributed by atoms with van der Waals surface area (Å²) < 4.78 is 40.6. The Labute approximate surface area is 162 Å². The van der Waals surface area contributed by atoms with Gasteiger partial charge in [0, 0.05) is 26.2 Å². The summed E-state index contributed by atoms with van der Waals surface area (Å²) in [5.41, 5.74) is 0.490. The molecule has 0 aromatic heterocycles. The van der Waals surface area contributed by atoms with E-state index in [4.69, 9.17) is 23.2 Å². The van der Waals surface area contributed by atoms with Crippen LogP contribution in [0, 0.1) is 5.82 Å². The van der Waals surface area contributed by atoms with E-state index in [9.17, 15) is 12.8 Å². The zero-order valence-electron chi connectivity index (χ0n) is 13.0. The topological polar surface area (TPSA) is 40.6 Å². The number of hydrogen-bond acceptors (Lipinski definition) is 3. The standard InChI is InChI=1S/C16H15Cl2FN2O2S.ClH/c17-13-6-5-12(11-14(13)18)24(22,23)21-9-7-20(8-10-21)16-4-2-1-3-15(16)19;/h1-6,11H,7-10H2;1H. The fraction of sp³-hybridized carbons (Fsp3) is 0.250. The lowest BCUT2D eigenvalue weighted by atomic mass is 10.2. The molecule has 0 amide bonds. The lowest BCUT2D eigenvalue weighted by Crippen LogP contribution is -2.48. The van der Waals surface area contributed by atoms with Crippen molar-refractivity contribution in [3.63, 3.8) is 0 Å². The molecule has 1 aliphatic rings. The van der Waals surface area contributed by atoms with Gasteiger partial charge >= 0.3 is 0 Å². The highest BCUT2D eigenvalue weighted by Crippen LogP contribution is 2.28. The average Bonchev–Trinajstić information content (AvgIpc) is 2.58. The van der Waals surface area contributed by atoms with Gasteiger partial charge in [0.15, 0.2) is 0 Å². The predicted molar refractivity (Wildman–Crippen MR) is 101 cm³/mol. The molecular weight excluding hydrogens is 410 g/mol. The highest BCUT2D eigenvalue weighted by atomic mass is 35.5. The van der Waals surface area contributed by atoms with Crippen LogP contribution in [0.3, 0.4) is 0 Å². The first kappa shape index (κ1) is 20.3. The molecule has 4 nitrogen and oxygen atoms in total. The smallest absolute Gasteiger partial charge is 0.243 e. The molecule has 1 fully saturated rings. The van der Waals surface area contributed by atoms with Gasteiger partial charge in [-0.2, -0.15) is 4.31 Å². The van der Waals surface area contributed by atoms with Crippen molar-refractivity contribution < 1.29 is 12.8 Å². The summed E-state index contributed by atoms with van der Waals surface area (Å²) in [6.07, 6.45) is 0. The van der Waals surface area contributed by atoms with Crippen molar-refractivity contribution in [1.82, 2.24) is 4.31 Å². The monoisotopic (exact) mass is 424 g/mol. The first-order valence-electron chi connectivity index (χ1n) is 7.34. The number of benzene rings is 2. The maximum Gasteiger partial charge on any atom is 0.243 e. The second kappa shape index (κ2) is 8.10. The lowest BCUT2D eigenvalue weighted by molar-refractivity contribution is 0.383. The van der Waals surface area contributed by atoms with E-state index in [1.165, 1.54) is 28.6 Å². The Hall–Kier alpha value is -1.05. The number of anilines is 1. The summed E-state index contributed by atoms with van der Waals surface area (Å²) in [5.74, 6) is -0.307. The summed E-state index contributed by atoms with van der Waals surface area (Å²) in [6.45, 7) is 1.39. The summed E-state index contributed by atoms with van der Waals surface area (Å²) in [7, 11) is -3.65. The van der Waals surface area contributed by atoms with Crippen molar-refractivity contribution in [2.24, 2.45) is 0 Å². The number of piperazine rings is 1. The molecule has 0 spiro atoms. The van der Waals surface area contributed by atoms with Gasteiger partial charge in [-0.25, -0.2) is 12.8 Å². The van der Waals surface area contributed by atoms with Gasteiger partial charge in [0.1, 0.15) is 5.82 Å². The summed E-state index contributed by atoms with van der Waals surface area (Å²) >= 11 is 11.8. The van der Waals surface area contributed by atoms with Crippen LogP contribution in [0.25, 0.3) is 0 Å². The third-order valence-corrected chi connectivity index (χ3v) is 6.59. The molecule has 1 saturated heterocycles. The van der Waals surface area contributed by atoms with Crippen LogP contribution in [0.1, 0.15) is 0 Å². The molecule has 2 aromatic rings. The van der Waals surface area contributed by atoms with Gasteiger partial charge in [0.05, 0.1) is 20.6 Å². The van der Waals surface area contributed by atoms with Gasteiger partial charge in [-0.15, -0.1) is 12.4 Å². The minimum atomic E-state index is -3.65. The van der Waals surface area contributed by atoms with Crippen LogP contribution in [0.15, 0.2) is 47.4 Å². The van der Waals surface area contributed by atoms with E-state index in [0.717, 1.165) is 0 Å². The van der Waals surface area contributed by atoms with Crippen LogP contribution in [-0.4, -0.2) is 38.9 Å². The van der Waals surface area contributed by atoms with Gasteiger partial charge in [-0.1, -0.05) is 35.3 Å². The molecule has 0 aliphatic carbocycles. The number of hydrogen-bond donors (Lipinski definition) is 0. The third-order valence-electron chi connectivity index (χ3n) is 3.96. The van der Waals surface area contributed by atoms with Crippen LogP contribution in [0.4, 0.5) is 10.1 Å². The van der Waals surface area contributed by atoms with Crippen molar-refractivity contribution >= 4 is 51.3 Å². The Bertz CT molecular complexity index is 856. The quantitative estimate of drug-likeness (QED) is 0.744. The molecule has 0 unspecified atom stereocenters. The van der Waals surface area contributed by atoms with Gasteiger partial charge < -0.3 is 4.90 Å². The molecule has 0 radical (unpaired) electrons. The average molecular weight is 426 g/mol. The molecule has 3 rings (SSSR count). The molecule has 0 N–H and O–H groups in total. The highest BCUT2D eigenvalue weighted by molar-refractivity contribution is 7.89. The summed E-state index contributed by atoms with van der Waals surface area (Å²) in [6, 6.07) is 10.7. The SMILES string of the molecule is Cl.O=S(=O)(c1ccc(Cl)c(Cl)c1)N1CCN(c2ccccc2F)CC1. The Kier molecular flexibility index (Phi) is 6.56. The number of rotatable bonds is 3. The van der Waals surface area contributed by atoms with Gasteiger partial charge in [0.25, 0.3) is 0 Å². The van der Waals surface area contributed by atoms with Gasteiger partial charge in [0.2, 0.25) is 10.0 Å². The Balaban J connectivity index is 0.00000225. The van der Waals surface area contributed by atoms with Crippen molar-refractivity contribution in [3.8, 4) is 0 Å². The molecule has 2 aromatic carbocycles. The molecule has 1 aliphatic heterocycles. The summed E-state index contributed by atoms with van der Waals surface area (Å²) in [4.78, 5) is 1.95. The van der Waals surface area contributed by atoms with Crippen molar-refractivity contribution in [2.75, 3.05) is 31.1 Å². The number of sulfonamides is 1. The molecular formula is C16H16Cl3FN2O2S. The molecule has 136 valence electrons. The first-order valence-corrected chi connectivity index (χ1v) is 9.54. The van der Waals surface area contributed by atoms with Crippen molar-refractivity contribution in [3.05, 3.63) is 58.3 Å². The molecule has 25 heavy (non-hydrogen) atoms. The van der Waals surface area contributed by atoms with Gasteiger partial charge in [-0.05, 0) is 30.3 Å². The second-order valence-corrected chi connectivity index (χ2v) is 8.17. The summed E-state index contributed by atoms with van der Waals surface area (Å²) in [5, 5.41) is 0.503. The molecule has 9 heteroatoms. The van der Waals surface area contributed by atoms with Crippen LogP contribution in [0.5, 0.6) is 0 Å². The molecule has 0 bridgehead atoms. The van der Waals surface area contributed by atoms with Crippen molar-refractivity contribution in [2.45, 2.75) is 4.90 Å². The third kappa shape index (κ3) is 4.20. The van der Waals surface area contributed by atoms with E-state index in [1.54, 1.807) is 18.2 Å². The second-order valence-electron chi connectivity index (χ2n) is 5.42. The van der Waals surface area contributed by atoms with Crippen molar-refractivity contribution in [1.29, 1.82) is 0 Å². The Morgan fingerprint density at radius 2 is 1.56 bits per heavy atom. The van der Waals surface area contributed by atoms with Gasteiger partial charge in [-0.3, -0.25) is 0 Å². The van der Waals surface area contributed by atoms with Crippen LogP contribution >= 0.6 is 35.6 Å². The predicted octanol–water partition coefficient (Wildman–Crippen LogP) is 4.07. The van der Waals surface area contributed by atoms with E-state index < -0.39 is 10.0 Å². The normalized spacial score (nSPS) is 15.7. The zero-order chi connectivity index (χ0) is 17.3. The Morgan fingerprint density at radius 3 is 2.16 bits per heavy atom. The minimum Gasteiger partial charge on any atom is -0.367 e. The van der Waals surface area contributed by atoms with Crippen LogP contribution in [0.2, 0.25) is 10.0 Å². The lowest BCUT2D eigenvalue weighted by Gasteiger charge is -2.35. The van der Waals surface area contributed by atoms with E-state index in [2.05, 4.69) is 0 Å². The fourth-order valence-corrected chi connectivity index (χ4v) is 4.48. The van der Waals surface area contributed by atoms with E-state index in [-0.39, 0.29) is 41.2 Å². The first-order chi connectivity index (χ1) is 11.4. The molecule has 1 heterocycles. The highest BCUT2D eigenvalue weighted by Gasteiger charge is 2.29. The molecule has 0 atom stereocenters. The van der Waals surface area contributed by atoms with E-state index in [1.807, 2.05) is 4.90 Å². The van der Waals surface area contributed by atoms with E-state index in [0.29, 0.717) is 23.8 Å². The van der Waals surface area contributed by atoms with Crippen LogP contribution < -0.4 is 4.90 Å².